The summed E-state index contributed by atoms with van der Waals surface area (Å²) >= 11 is 0. The minimum atomic E-state index is -0.711. The fourth-order valence-corrected chi connectivity index (χ4v) is 1.88. The number of anilines is 1. The molecule has 2 rings (SSSR count). The molecule has 1 saturated carbocycles. The Morgan fingerprint density at radius 2 is 2.31 bits per heavy atom. The largest absolute Gasteiger partial charge is 0.481 e. The second kappa shape index (κ2) is 4.08. The average molecular weight is 221 g/mol. The van der Waals surface area contributed by atoms with Crippen molar-refractivity contribution in [2.75, 3.05) is 11.9 Å². The van der Waals surface area contributed by atoms with Gasteiger partial charge in [0.2, 0.25) is 0 Å². The molecule has 0 atom stereocenters. The molecular weight excluding hydrogens is 206 g/mol. The molecule has 86 valence electrons. The molecule has 0 radical (unpaired) electrons. The van der Waals surface area contributed by atoms with Crippen molar-refractivity contribution in [3.05, 3.63) is 18.1 Å². The van der Waals surface area contributed by atoms with Gasteiger partial charge in [-0.15, -0.1) is 0 Å². The van der Waals surface area contributed by atoms with E-state index in [0.29, 0.717) is 12.4 Å². The fraction of sp³-hybridized carbons (Fsp3) is 0.545. The van der Waals surface area contributed by atoms with Crippen LogP contribution in [0.3, 0.4) is 0 Å². The SMILES string of the molecule is Cc1cc(NCC2(C(=O)O)CCC2)ncn1. The lowest BCUT2D eigenvalue weighted by Crippen LogP contribution is -2.43. The fourth-order valence-electron chi connectivity index (χ4n) is 1.88. The van der Waals surface area contributed by atoms with Crippen LogP contribution in [0.4, 0.5) is 5.82 Å². The molecule has 0 saturated heterocycles. The number of hydrogen-bond donors (Lipinski definition) is 2. The summed E-state index contributed by atoms with van der Waals surface area (Å²) in [5.74, 6) is -0.0166. The van der Waals surface area contributed by atoms with Crippen LogP contribution >= 0.6 is 0 Å². The van der Waals surface area contributed by atoms with Crippen LogP contribution in [0.2, 0.25) is 0 Å². The Hall–Kier alpha value is -1.65. The first-order chi connectivity index (χ1) is 7.62. The third-order valence-corrected chi connectivity index (χ3v) is 3.18. The van der Waals surface area contributed by atoms with Gasteiger partial charge >= 0.3 is 5.97 Å². The van der Waals surface area contributed by atoms with E-state index >= 15 is 0 Å². The molecule has 1 aliphatic rings. The van der Waals surface area contributed by atoms with Crippen LogP contribution < -0.4 is 5.32 Å². The topological polar surface area (TPSA) is 75.1 Å². The number of rotatable bonds is 4. The lowest BCUT2D eigenvalue weighted by atomic mass is 9.69. The summed E-state index contributed by atoms with van der Waals surface area (Å²) < 4.78 is 0. The minimum absolute atomic E-state index is 0.443. The standard InChI is InChI=1S/C11H15N3O2/c1-8-5-9(14-7-13-8)12-6-11(10(15)16)3-2-4-11/h5,7H,2-4,6H2,1H3,(H,15,16)(H,12,13,14). The van der Waals surface area contributed by atoms with E-state index in [-0.39, 0.29) is 0 Å². The first-order valence-electron chi connectivity index (χ1n) is 5.38. The van der Waals surface area contributed by atoms with Crippen molar-refractivity contribution in [2.24, 2.45) is 5.41 Å². The molecule has 2 N–H and O–H groups in total. The van der Waals surface area contributed by atoms with Gasteiger partial charge in [0, 0.05) is 18.3 Å². The number of nitrogens with one attached hydrogen (secondary N) is 1. The number of carboxylic acids is 1. The smallest absolute Gasteiger partial charge is 0.311 e. The van der Waals surface area contributed by atoms with E-state index in [4.69, 9.17) is 5.11 Å². The molecular formula is C11H15N3O2. The van der Waals surface area contributed by atoms with Crippen molar-refractivity contribution in [1.82, 2.24) is 9.97 Å². The predicted octanol–water partition coefficient (Wildman–Crippen LogP) is 1.45. The Balaban J connectivity index is 1.99. The van der Waals surface area contributed by atoms with Crippen LogP contribution in [0.25, 0.3) is 0 Å². The summed E-state index contributed by atoms with van der Waals surface area (Å²) in [4.78, 5) is 19.2. The highest BCUT2D eigenvalue weighted by Crippen LogP contribution is 2.41. The number of aliphatic carboxylic acids is 1. The maximum absolute atomic E-state index is 11.1. The molecule has 16 heavy (non-hydrogen) atoms. The second-order valence-corrected chi connectivity index (χ2v) is 4.34. The van der Waals surface area contributed by atoms with E-state index in [0.717, 1.165) is 25.0 Å². The molecule has 1 heterocycles. The van der Waals surface area contributed by atoms with Crippen molar-refractivity contribution in [3.8, 4) is 0 Å². The van der Waals surface area contributed by atoms with Gasteiger partial charge in [0.25, 0.3) is 0 Å². The molecule has 0 spiro atoms. The summed E-state index contributed by atoms with van der Waals surface area (Å²) in [6.45, 7) is 2.32. The van der Waals surface area contributed by atoms with Crippen molar-refractivity contribution in [1.29, 1.82) is 0 Å². The summed E-state index contributed by atoms with van der Waals surface area (Å²) in [5, 5.41) is 12.2. The molecule has 1 fully saturated rings. The molecule has 0 unspecified atom stereocenters. The minimum Gasteiger partial charge on any atom is -0.481 e. The zero-order chi connectivity index (χ0) is 11.6. The molecule has 1 aromatic rings. The normalized spacial score (nSPS) is 17.6. The van der Waals surface area contributed by atoms with E-state index in [1.54, 1.807) is 0 Å². The van der Waals surface area contributed by atoms with E-state index < -0.39 is 11.4 Å². The van der Waals surface area contributed by atoms with Crippen LogP contribution in [0.5, 0.6) is 0 Å². The van der Waals surface area contributed by atoms with Crippen molar-refractivity contribution in [2.45, 2.75) is 26.2 Å². The average Bonchev–Trinajstić information content (AvgIpc) is 2.15. The maximum atomic E-state index is 11.1. The lowest BCUT2D eigenvalue weighted by Gasteiger charge is -2.37. The summed E-state index contributed by atoms with van der Waals surface area (Å²) in [6, 6.07) is 1.81. The first-order valence-corrected chi connectivity index (χ1v) is 5.38. The van der Waals surface area contributed by atoms with Gasteiger partial charge in [-0.3, -0.25) is 4.79 Å². The van der Waals surface area contributed by atoms with Crippen LogP contribution in [0.1, 0.15) is 25.0 Å². The number of hydrogen-bond acceptors (Lipinski definition) is 4. The lowest BCUT2D eigenvalue weighted by molar-refractivity contribution is -0.153. The summed E-state index contributed by atoms with van der Waals surface area (Å²) in [7, 11) is 0. The Kier molecular flexibility index (Phi) is 2.77. The van der Waals surface area contributed by atoms with E-state index in [1.807, 2.05) is 13.0 Å². The summed E-state index contributed by atoms with van der Waals surface area (Å²) in [5.41, 5.74) is 0.286. The van der Waals surface area contributed by atoms with E-state index in [9.17, 15) is 4.79 Å². The van der Waals surface area contributed by atoms with Gasteiger partial charge in [-0.2, -0.15) is 0 Å². The quantitative estimate of drug-likeness (QED) is 0.804. The highest BCUT2D eigenvalue weighted by molar-refractivity contribution is 5.76. The molecule has 0 aliphatic heterocycles. The molecule has 1 aliphatic carbocycles. The van der Waals surface area contributed by atoms with Crippen LogP contribution in [-0.4, -0.2) is 27.6 Å². The van der Waals surface area contributed by atoms with Crippen LogP contribution in [0, 0.1) is 12.3 Å². The zero-order valence-electron chi connectivity index (χ0n) is 9.23. The van der Waals surface area contributed by atoms with Gasteiger partial charge in [0.05, 0.1) is 5.41 Å². The highest BCUT2D eigenvalue weighted by atomic mass is 16.4. The molecule has 0 amide bonds. The van der Waals surface area contributed by atoms with Crippen molar-refractivity contribution < 1.29 is 9.90 Å². The van der Waals surface area contributed by atoms with Gasteiger partial charge in [-0.05, 0) is 19.8 Å². The molecule has 5 heteroatoms. The zero-order valence-corrected chi connectivity index (χ0v) is 9.23. The van der Waals surface area contributed by atoms with Gasteiger partial charge in [0.15, 0.2) is 0 Å². The Bertz CT molecular complexity index is 402. The Morgan fingerprint density at radius 1 is 1.56 bits per heavy atom. The Labute approximate surface area is 93.9 Å². The van der Waals surface area contributed by atoms with E-state index in [1.165, 1.54) is 6.33 Å². The van der Waals surface area contributed by atoms with Crippen molar-refractivity contribution in [3.63, 3.8) is 0 Å². The first kappa shape index (κ1) is 10.9. The van der Waals surface area contributed by atoms with Gasteiger partial charge in [-0.25, -0.2) is 9.97 Å². The highest BCUT2D eigenvalue weighted by Gasteiger charge is 2.44. The number of carboxylic acid groups (broad SMARTS) is 1. The van der Waals surface area contributed by atoms with Crippen LogP contribution in [0.15, 0.2) is 12.4 Å². The number of aryl methyl sites for hydroxylation is 1. The second-order valence-electron chi connectivity index (χ2n) is 4.34. The monoisotopic (exact) mass is 221 g/mol. The molecule has 1 aromatic heterocycles. The molecule has 0 bridgehead atoms. The summed E-state index contributed by atoms with van der Waals surface area (Å²) in [6.07, 6.45) is 3.97. The molecule has 5 nitrogen and oxygen atoms in total. The van der Waals surface area contributed by atoms with Crippen LogP contribution in [-0.2, 0) is 4.79 Å². The third-order valence-electron chi connectivity index (χ3n) is 3.18. The van der Waals surface area contributed by atoms with Crippen molar-refractivity contribution >= 4 is 11.8 Å². The van der Waals surface area contributed by atoms with Gasteiger partial charge in [-0.1, -0.05) is 6.42 Å². The number of nitrogens with zero attached hydrogens (tertiary/aromatic N) is 2. The van der Waals surface area contributed by atoms with E-state index in [2.05, 4.69) is 15.3 Å². The maximum Gasteiger partial charge on any atom is 0.311 e. The number of aromatic nitrogens is 2. The number of carbonyl (C=O) groups is 1. The third kappa shape index (κ3) is 1.98. The molecule has 0 aromatic carbocycles. The Morgan fingerprint density at radius 3 is 2.81 bits per heavy atom. The predicted molar refractivity (Wildman–Crippen MR) is 59.2 cm³/mol. The van der Waals surface area contributed by atoms with Gasteiger partial charge in [0.1, 0.15) is 12.1 Å². The van der Waals surface area contributed by atoms with Gasteiger partial charge < -0.3 is 10.4 Å².